The lowest BCUT2D eigenvalue weighted by atomic mass is 10.2. The predicted molar refractivity (Wildman–Crippen MR) is 131 cm³/mol. The maximum absolute atomic E-state index is 13.1. The fraction of sp³-hybridized carbons (Fsp3) is 0.0833. The summed E-state index contributed by atoms with van der Waals surface area (Å²) in [6, 6.07) is 15.9. The van der Waals surface area contributed by atoms with Crippen LogP contribution >= 0.6 is 15.9 Å². The van der Waals surface area contributed by atoms with Crippen LogP contribution in [0.15, 0.2) is 71.2 Å². The van der Waals surface area contributed by atoms with Crippen LogP contribution in [0.4, 0.5) is 29.3 Å². The van der Waals surface area contributed by atoms with E-state index in [-0.39, 0.29) is 21.9 Å². The van der Waals surface area contributed by atoms with E-state index in [2.05, 4.69) is 41.8 Å². The molecule has 0 fully saturated rings. The molecule has 3 N–H and O–H groups in total. The first kappa shape index (κ1) is 24.9. The second kappa shape index (κ2) is 10.2. The Bertz CT molecular complexity index is 1450. The van der Waals surface area contributed by atoms with Gasteiger partial charge in [-0.15, -0.1) is 0 Å². The lowest BCUT2D eigenvalue weighted by Gasteiger charge is -2.13. The van der Waals surface area contributed by atoms with Gasteiger partial charge >= 0.3 is 12.2 Å². The molecule has 0 aliphatic rings. The lowest BCUT2D eigenvalue weighted by molar-refractivity contribution is -0.138. The molecule has 0 aliphatic heterocycles. The molecule has 3 amide bonds. The predicted octanol–water partition coefficient (Wildman–Crippen LogP) is 6.21. The standard InChI is InChI=1S/C24H17BrF3N5O3/c1-29-21(34)20-32-19-5-3-2-4-16(19)22(33-20)36-15-9-6-13(7-10-15)30-23(35)31-14-8-11-18(25)17(12-14)24(26,27)28/h2-12H,1H3,(H,29,34)(H2,30,31,35). The van der Waals surface area contributed by atoms with Crippen LogP contribution in [0, 0.1) is 0 Å². The fourth-order valence-corrected chi connectivity index (χ4v) is 3.64. The van der Waals surface area contributed by atoms with Gasteiger partial charge in [-0.2, -0.15) is 18.2 Å². The van der Waals surface area contributed by atoms with Crippen LogP contribution in [0.25, 0.3) is 10.9 Å². The summed E-state index contributed by atoms with van der Waals surface area (Å²) >= 11 is 2.86. The number of anilines is 2. The molecule has 1 heterocycles. The summed E-state index contributed by atoms with van der Waals surface area (Å²) in [5.41, 5.74) is -0.0338. The minimum Gasteiger partial charge on any atom is -0.438 e. The second-order valence-electron chi connectivity index (χ2n) is 7.35. The highest BCUT2D eigenvalue weighted by Gasteiger charge is 2.33. The smallest absolute Gasteiger partial charge is 0.417 e. The summed E-state index contributed by atoms with van der Waals surface area (Å²) in [6.07, 6.45) is -4.57. The maximum Gasteiger partial charge on any atom is 0.417 e. The van der Waals surface area contributed by atoms with Crippen LogP contribution in [-0.4, -0.2) is 29.0 Å². The van der Waals surface area contributed by atoms with Crippen molar-refractivity contribution in [3.8, 4) is 11.6 Å². The number of hydrogen-bond donors (Lipinski definition) is 3. The third kappa shape index (κ3) is 5.71. The Hall–Kier alpha value is -4.19. The van der Waals surface area contributed by atoms with Crippen LogP contribution in [0.3, 0.4) is 0 Å². The molecule has 4 aromatic rings. The van der Waals surface area contributed by atoms with Gasteiger partial charge in [0.15, 0.2) is 0 Å². The molecule has 0 atom stereocenters. The highest BCUT2D eigenvalue weighted by atomic mass is 79.9. The van der Waals surface area contributed by atoms with Gasteiger partial charge in [-0.25, -0.2) is 9.78 Å². The zero-order valence-corrected chi connectivity index (χ0v) is 20.1. The largest absolute Gasteiger partial charge is 0.438 e. The van der Waals surface area contributed by atoms with E-state index in [0.29, 0.717) is 22.3 Å². The van der Waals surface area contributed by atoms with E-state index in [9.17, 15) is 22.8 Å². The minimum atomic E-state index is -4.57. The van der Waals surface area contributed by atoms with Gasteiger partial charge in [0.1, 0.15) is 5.75 Å². The van der Waals surface area contributed by atoms with Crippen molar-refractivity contribution in [1.82, 2.24) is 15.3 Å². The van der Waals surface area contributed by atoms with Crippen molar-refractivity contribution in [3.63, 3.8) is 0 Å². The van der Waals surface area contributed by atoms with E-state index >= 15 is 0 Å². The average Bonchev–Trinajstić information content (AvgIpc) is 2.85. The number of halogens is 4. The average molecular weight is 560 g/mol. The third-order valence-electron chi connectivity index (χ3n) is 4.85. The van der Waals surface area contributed by atoms with Crippen molar-refractivity contribution in [1.29, 1.82) is 0 Å². The number of nitrogens with zero attached hydrogens (tertiary/aromatic N) is 2. The molecule has 12 heteroatoms. The summed E-state index contributed by atoms with van der Waals surface area (Å²) in [5, 5.41) is 7.97. The monoisotopic (exact) mass is 559 g/mol. The maximum atomic E-state index is 13.1. The summed E-state index contributed by atoms with van der Waals surface area (Å²) < 4.78 is 45.0. The van der Waals surface area contributed by atoms with Crippen molar-refractivity contribution in [3.05, 3.63) is 82.6 Å². The molecule has 0 radical (unpaired) electrons. The second-order valence-corrected chi connectivity index (χ2v) is 8.20. The zero-order chi connectivity index (χ0) is 25.9. The number of carbonyl (C=O) groups is 2. The van der Waals surface area contributed by atoms with Gasteiger partial charge in [0, 0.05) is 22.9 Å². The number of ether oxygens (including phenoxy) is 1. The van der Waals surface area contributed by atoms with Gasteiger partial charge in [0.05, 0.1) is 16.5 Å². The van der Waals surface area contributed by atoms with Crippen molar-refractivity contribution < 1.29 is 27.5 Å². The fourth-order valence-electron chi connectivity index (χ4n) is 3.17. The summed E-state index contributed by atoms with van der Waals surface area (Å²) in [6.45, 7) is 0. The first-order valence-corrected chi connectivity index (χ1v) is 11.1. The summed E-state index contributed by atoms with van der Waals surface area (Å²) in [7, 11) is 1.47. The van der Waals surface area contributed by atoms with Crippen molar-refractivity contribution in [2.24, 2.45) is 0 Å². The molecular weight excluding hydrogens is 543 g/mol. The number of hydrogen-bond acceptors (Lipinski definition) is 5. The number of benzene rings is 3. The van der Waals surface area contributed by atoms with Gasteiger partial charge in [0.2, 0.25) is 11.7 Å². The number of aromatic nitrogens is 2. The van der Waals surface area contributed by atoms with E-state index < -0.39 is 23.7 Å². The van der Waals surface area contributed by atoms with E-state index in [1.807, 2.05) is 0 Å². The number of carbonyl (C=O) groups excluding carboxylic acids is 2. The molecule has 4 rings (SSSR count). The van der Waals surface area contributed by atoms with Gasteiger partial charge in [0.25, 0.3) is 5.91 Å². The topological polar surface area (TPSA) is 105 Å². The molecule has 36 heavy (non-hydrogen) atoms. The van der Waals surface area contributed by atoms with E-state index in [1.165, 1.54) is 19.2 Å². The normalized spacial score (nSPS) is 11.1. The number of amides is 3. The quantitative estimate of drug-likeness (QED) is 0.269. The van der Waals surface area contributed by atoms with Crippen LogP contribution in [-0.2, 0) is 6.18 Å². The highest BCUT2D eigenvalue weighted by Crippen LogP contribution is 2.36. The molecular formula is C24H17BrF3N5O3. The number of nitrogens with one attached hydrogen (secondary N) is 3. The van der Waals surface area contributed by atoms with Gasteiger partial charge in [-0.1, -0.05) is 28.1 Å². The van der Waals surface area contributed by atoms with E-state index in [1.54, 1.807) is 48.5 Å². The Morgan fingerprint density at radius 1 is 0.917 bits per heavy atom. The minimum absolute atomic E-state index is 0.0226. The molecule has 8 nitrogen and oxygen atoms in total. The Labute approximate surface area is 211 Å². The van der Waals surface area contributed by atoms with Gasteiger partial charge in [-0.3, -0.25) is 4.79 Å². The Balaban J connectivity index is 1.47. The van der Waals surface area contributed by atoms with E-state index in [4.69, 9.17) is 4.74 Å². The van der Waals surface area contributed by atoms with Crippen molar-refractivity contribution in [2.75, 3.05) is 17.7 Å². The van der Waals surface area contributed by atoms with Crippen LogP contribution in [0.5, 0.6) is 11.6 Å². The summed E-state index contributed by atoms with van der Waals surface area (Å²) in [5.74, 6) is 0.0239. The van der Waals surface area contributed by atoms with E-state index in [0.717, 1.165) is 6.07 Å². The number of fused-ring (bicyclic) bond motifs is 1. The van der Waals surface area contributed by atoms with Crippen molar-refractivity contribution >= 4 is 50.1 Å². The molecule has 0 saturated carbocycles. The molecule has 0 spiro atoms. The first-order valence-electron chi connectivity index (χ1n) is 10.4. The van der Waals surface area contributed by atoms with Crippen LogP contribution in [0.1, 0.15) is 16.2 Å². The molecule has 1 aromatic heterocycles. The number of rotatable bonds is 5. The SMILES string of the molecule is CNC(=O)c1nc(Oc2ccc(NC(=O)Nc3ccc(Br)c(C(F)(F)F)c3)cc2)c2ccccc2n1. The first-order chi connectivity index (χ1) is 17.1. The zero-order valence-electron chi connectivity index (χ0n) is 18.5. The van der Waals surface area contributed by atoms with Crippen LogP contribution in [0.2, 0.25) is 0 Å². The molecule has 0 aliphatic carbocycles. The molecule has 3 aromatic carbocycles. The molecule has 0 saturated heterocycles. The third-order valence-corrected chi connectivity index (χ3v) is 5.55. The Morgan fingerprint density at radius 2 is 1.58 bits per heavy atom. The van der Waals surface area contributed by atoms with Gasteiger partial charge < -0.3 is 20.7 Å². The molecule has 184 valence electrons. The summed E-state index contributed by atoms with van der Waals surface area (Å²) in [4.78, 5) is 32.7. The Kier molecular flexibility index (Phi) is 7.06. The Morgan fingerprint density at radius 3 is 2.28 bits per heavy atom. The lowest BCUT2D eigenvalue weighted by Crippen LogP contribution is -2.21. The van der Waals surface area contributed by atoms with Crippen LogP contribution < -0.4 is 20.7 Å². The molecule has 0 bridgehead atoms. The van der Waals surface area contributed by atoms with Gasteiger partial charge in [-0.05, 0) is 54.6 Å². The highest BCUT2D eigenvalue weighted by molar-refractivity contribution is 9.10. The number of alkyl halides is 3. The van der Waals surface area contributed by atoms with Crippen molar-refractivity contribution in [2.45, 2.75) is 6.18 Å². The number of para-hydroxylation sites is 1. The molecule has 0 unspecified atom stereocenters. The number of urea groups is 1.